The van der Waals surface area contributed by atoms with Gasteiger partial charge in [0, 0.05) is 6.20 Å². The maximum atomic E-state index is 8.93. The summed E-state index contributed by atoms with van der Waals surface area (Å²) >= 11 is 0. The fourth-order valence-corrected chi connectivity index (χ4v) is 2.02. The number of nitrogens with zero attached hydrogens (tertiary/aromatic N) is 2. The highest BCUT2D eigenvalue weighted by Gasteiger charge is 2.19. The van der Waals surface area contributed by atoms with Gasteiger partial charge in [-0.15, -0.1) is 0 Å². The minimum atomic E-state index is 0.455. The van der Waals surface area contributed by atoms with E-state index in [1.54, 1.807) is 18.3 Å². The predicted molar refractivity (Wildman–Crippen MR) is 65.5 cm³/mol. The van der Waals surface area contributed by atoms with E-state index in [2.05, 4.69) is 30.1 Å². The first-order chi connectivity index (χ1) is 8.31. The molecule has 3 heteroatoms. The van der Waals surface area contributed by atoms with E-state index in [0.29, 0.717) is 29.9 Å². The number of nitriles is 1. The van der Waals surface area contributed by atoms with Crippen molar-refractivity contribution in [1.82, 2.24) is 4.98 Å². The molecule has 88 valence electrons. The third-order valence-electron chi connectivity index (χ3n) is 3.24. The average Bonchev–Trinajstić information content (AvgIpc) is 2.38. The zero-order chi connectivity index (χ0) is 12.1. The number of ether oxygens (including phenoxy) is 1. The fourth-order valence-electron chi connectivity index (χ4n) is 2.02. The number of aromatic nitrogens is 1. The maximum absolute atomic E-state index is 8.93. The van der Waals surface area contributed by atoms with Crippen molar-refractivity contribution in [2.45, 2.75) is 19.8 Å². The van der Waals surface area contributed by atoms with Gasteiger partial charge in [-0.05, 0) is 36.8 Å². The highest BCUT2D eigenvalue weighted by Crippen LogP contribution is 2.26. The van der Waals surface area contributed by atoms with Gasteiger partial charge in [-0.2, -0.15) is 5.26 Å². The Balaban J connectivity index is 1.98. The highest BCUT2D eigenvalue weighted by atomic mass is 16.5. The molecule has 0 spiro atoms. The van der Waals surface area contributed by atoms with Crippen molar-refractivity contribution in [1.29, 1.82) is 5.26 Å². The molecule has 0 fully saturated rings. The molecule has 0 saturated carbocycles. The molecule has 1 aromatic heterocycles. The molecule has 0 aromatic carbocycles. The number of allylic oxidation sites excluding steroid dienone is 2. The van der Waals surface area contributed by atoms with Gasteiger partial charge >= 0.3 is 0 Å². The first-order valence-corrected chi connectivity index (χ1v) is 5.94. The second-order valence-electron chi connectivity index (χ2n) is 4.46. The van der Waals surface area contributed by atoms with Crippen molar-refractivity contribution in [3.05, 3.63) is 36.0 Å². The van der Waals surface area contributed by atoms with Crippen molar-refractivity contribution in [2.75, 3.05) is 6.61 Å². The van der Waals surface area contributed by atoms with Crippen LogP contribution in [0.1, 0.15) is 25.3 Å². The zero-order valence-electron chi connectivity index (χ0n) is 9.97. The minimum Gasteiger partial charge on any atom is -0.476 e. The van der Waals surface area contributed by atoms with Crippen LogP contribution in [0.2, 0.25) is 0 Å². The third kappa shape index (κ3) is 2.85. The van der Waals surface area contributed by atoms with Crippen LogP contribution in [0.3, 0.4) is 0 Å². The molecule has 0 bridgehead atoms. The quantitative estimate of drug-likeness (QED) is 0.747. The van der Waals surface area contributed by atoms with Crippen LogP contribution in [-0.4, -0.2) is 11.6 Å². The van der Waals surface area contributed by atoms with Gasteiger partial charge in [0.25, 0.3) is 0 Å². The summed E-state index contributed by atoms with van der Waals surface area (Å²) in [5.41, 5.74) is 0.506. The summed E-state index contributed by atoms with van der Waals surface area (Å²) in [5.74, 6) is 1.61. The number of hydrogen-bond donors (Lipinski definition) is 0. The number of rotatable bonds is 3. The van der Waals surface area contributed by atoms with Crippen molar-refractivity contribution < 1.29 is 4.74 Å². The number of pyridine rings is 1. The number of hydrogen-bond acceptors (Lipinski definition) is 3. The first-order valence-electron chi connectivity index (χ1n) is 5.94. The van der Waals surface area contributed by atoms with Gasteiger partial charge in [0.1, 0.15) is 11.6 Å². The van der Waals surface area contributed by atoms with Crippen LogP contribution in [0.5, 0.6) is 5.88 Å². The van der Waals surface area contributed by atoms with E-state index in [0.717, 1.165) is 12.8 Å². The van der Waals surface area contributed by atoms with Gasteiger partial charge in [-0.1, -0.05) is 19.1 Å². The Labute approximate surface area is 102 Å². The summed E-state index contributed by atoms with van der Waals surface area (Å²) in [7, 11) is 0. The molecular weight excluding hydrogens is 212 g/mol. The van der Waals surface area contributed by atoms with E-state index >= 15 is 0 Å². The second kappa shape index (κ2) is 5.49. The van der Waals surface area contributed by atoms with Crippen molar-refractivity contribution >= 4 is 0 Å². The fraction of sp³-hybridized carbons (Fsp3) is 0.429. The molecule has 2 rings (SSSR count). The van der Waals surface area contributed by atoms with E-state index in [4.69, 9.17) is 10.00 Å². The molecular formula is C14H16N2O. The lowest BCUT2D eigenvalue weighted by Crippen LogP contribution is -2.21. The second-order valence-corrected chi connectivity index (χ2v) is 4.46. The minimum absolute atomic E-state index is 0.455. The van der Waals surface area contributed by atoms with Crippen molar-refractivity contribution in [3.63, 3.8) is 0 Å². The normalized spacial score (nSPS) is 23.1. The van der Waals surface area contributed by atoms with Crippen LogP contribution in [0.25, 0.3) is 0 Å². The standard InChI is InChI=1S/C14H16N2O/c1-11-5-2-3-6-13(11)10-17-14-12(9-15)7-4-8-16-14/h2-4,7-8,11,13H,5-6,10H2,1H3. The molecule has 2 atom stereocenters. The predicted octanol–water partition coefficient (Wildman–Crippen LogP) is 2.93. The van der Waals surface area contributed by atoms with E-state index in [-0.39, 0.29) is 0 Å². The van der Waals surface area contributed by atoms with Crippen LogP contribution < -0.4 is 4.74 Å². The Morgan fingerprint density at radius 1 is 1.47 bits per heavy atom. The zero-order valence-corrected chi connectivity index (χ0v) is 9.97. The summed E-state index contributed by atoms with van der Waals surface area (Å²) in [6.07, 6.45) is 8.25. The van der Waals surface area contributed by atoms with Crippen LogP contribution in [0.15, 0.2) is 30.5 Å². The summed E-state index contributed by atoms with van der Waals surface area (Å²) in [6, 6.07) is 5.57. The Bertz CT molecular complexity index is 448. The third-order valence-corrected chi connectivity index (χ3v) is 3.24. The molecule has 1 aromatic rings. The van der Waals surface area contributed by atoms with Gasteiger partial charge in [0.2, 0.25) is 5.88 Å². The largest absolute Gasteiger partial charge is 0.476 e. The SMILES string of the molecule is CC1CC=CCC1COc1ncccc1C#N. The first kappa shape index (κ1) is 11.7. The van der Waals surface area contributed by atoms with E-state index in [9.17, 15) is 0 Å². The summed E-state index contributed by atoms with van der Waals surface area (Å²) in [5, 5.41) is 8.93. The van der Waals surface area contributed by atoms with Crippen LogP contribution in [0, 0.1) is 23.2 Å². The molecule has 0 saturated heterocycles. The lowest BCUT2D eigenvalue weighted by atomic mass is 9.85. The van der Waals surface area contributed by atoms with Gasteiger partial charge < -0.3 is 4.74 Å². The Morgan fingerprint density at radius 2 is 2.29 bits per heavy atom. The van der Waals surface area contributed by atoms with Crippen molar-refractivity contribution in [2.24, 2.45) is 11.8 Å². The van der Waals surface area contributed by atoms with Gasteiger partial charge in [-0.25, -0.2) is 4.98 Å². The molecule has 1 heterocycles. The Hall–Kier alpha value is -1.82. The summed E-state index contributed by atoms with van der Waals surface area (Å²) in [6.45, 7) is 2.87. The van der Waals surface area contributed by atoms with Crippen molar-refractivity contribution in [3.8, 4) is 11.9 Å². The molecule has 0 radical (unpaired) electrons. The Kier molecular flexibility index (Phi) is 3.77. The molecule has 3 nitrogen and oxygen atoms in total. The smallest absolute Gasteiger partial charge is 0.231 e. The van der Waals surface area contributed by atoms with E-state index < -0.39 is 0 Å². The lowest BCUT2D eigenvalue weighted by Gasteiger charge is -2.24. The van der Waals surface area contributed by atoms with Gasteiger partial charge in [-0.3, -0.25) is 0 Å². The lowest BCUT2D eigenvalue weighted by molar-refractivity contribution is 0.192. The van der Waals surface area contributed by atoms with E-state index in [1.807, 2.05) is 0 Å². The van der Waals surface area contributed by atoms with Crippen LogP contribution >= 0.6 is 0 Å². The monoisotopic (exact) mass is 228 g/mol. The Morgan fingerprint density at radius 3 is 3.06 bits per heavy atom. The average molecular weight is 228 g/mol. The summed E-state index contributed by atoms with van der Waals surface area (Å²) < 4.78 is 5.67. The van der Waals surface area contributed by atoms with Gasteiger partial charge in [0.15, 0.2) is 0 Å². The molecule has 0 amide bonds. The molecule has 0 aliphatic heterocycles. The van der Waals surface area contributed by atoms with E-state index in [1.165, 1.54) is 0 Å². The molecule has 1 aliphatic rings. The molecule has 0 N–H and O–H groups in total. The highest BCUT2D eigenvalue weighted by molar-refractivity contribution is 5.36. The van der Waals surface area contributed by atoms with Crippen LogP contribution in [-0.2, 0) is 0 Å². The molecule has 2 unspecified atom stereocenters. The maximum Gasteiger partial charge on any atom is 0.231 e. The topological polar surface area (TPSA) is 45.9 Å². The van der Waals surface area contributed by atoms with Gasteiger partial charge in [0.05, 0.1) is 6.61 Å². The van der Waals surface area contributed by atoms with Crippen LogP contribution in [0.4, 0.5) is 0 Å². The molecule has 17 heavy (non-hydrogen) atoms. The summed E-state index contributed by atoms with van der Waals surface area (Å²) in [4.78, 5) is 4.10. The molecule has 1 aliphatic carbocycles.